The molecule has 0 radical (unpaired) electrons. The summed E-state index contributed by atoms with van der Waals surface area (Å²) in [5, 5.41) is 29.8. The number of para-hydroxylation sites is 1. The SMILES string of the molecule is C=C1C(CO)C(O)C(F)C1n1cnc2c(N)ncnc21.C=C1C(COP(=O)(C[C@H](C)C(C)=O)Oc2ccccc2)C(O)C(F)C1n1cnc2c(C)ncnc21. The second-order valence-corrected chi connectivity index (χ2v) is 15.7. The fraction of sp³-hybridized carbons (Fsp3) is 0.417. The van der Waals surface area contributed by atoms with Gasteiger partial charge in [0.2, 0.25) is 0 Å². The summed E-state index contributed by atoms with van der Waals surface area (Å²) >= 11 is 0. The third kappa shape index (κ3) is 7.64. The van der Waals surface area contributed by atoms with Crippen molar-refractivity contribution in [3.63, 3.8) is 0 Å². The first kappa shape index (κ1) is 39.7. The number of imidazole rings is 2. The van der Waals surface area contributed by atoms with Crippen LogP contribution in [0.1, 0.15) is 31.6 Å². The maximum absolute atomic E-state index is 15.4. The predicted octanol–water partition coefficient (Wildman–Crippen LogP) is 3.90. The minimum absolute atomic E-state index is 0.155. The first-order chi connectivity index (χ1) is 26.2. The molecule has 0 amide bonds. The molecule has 5 aromatic rings. The van der Waals surface area contributed by atoms with Crippen LogP contribution in [0.25, 0.3) is 22.3 Å². The molecule has 4 aromatic heterocycles. The standard InChI is InChI=1S/C24H28FN4O5P.C12H14FN5O2/c1-14(17(4)30)11-35(32,34-18-8-6-5-7-9-18)33-10-19-15(2)22(20(25)23(19)31)29-13-28-21-16(3)26-12-27-24(21)29;1-5-6(2-19)10(20)7(13)9(5)18-4-17-8-11(14)15-3-16-12(8)18/h5-9,12-14,19-20,22-23,31H,2,10-11H2,1,3-4H3;3-4,6-7,9-10,19-20H,1-2H2,(H2,14,15,16)/t14-,19?,20?,22?,23?,35?;/m0./s1. The number of aliphatic hydroxyl groups excluding tert-OH is 3. The number of anilines is 1. The van der Waals surface area contributed by atoms with Gasteiger partial charge in [-0.25, -0.2) is 43.2 Å². The highest BCUT2D eigenvalue weighted by atomic mass is 31.2. The molecule has 55 heavy (non-hydrogen) atoms. The number of hydrogen-bond acceptors (Lipinski definition) is 14. The highest BCUT2D eigenvalue weighted by Crippen LogP contribution is 2.52. The quantitative estimate of drug-likeness (QED) is 0.110. The normalized spacial score (nSPS) is 26.8. The molecule has 2 aliphatic rings. The zero-order chi connectivity index (χ0) is 39.8. The first-order valence-electron chi connectivity index (χ1n) is 17.4. The van der Waals surface area contributed by atoms with Crippen molar-refractivity contribution in [3.05, 3.63) is 85.6 Å². The van der Waals surface area contributed by atoms with E-state index in [-0.39, 0.29) is 31.0 Å². The van der Waals surface area contributed by atoms with Crippen molar-refractivity contribution in [1.29, 1.82) is 0 Å². The Bertz CT molecular complexity index is 2260. The minimum atomic E-state index is -3.84. The van der Waals surface area contributed by atoms with Crippen LogP contribution < -0.4 is 10.3 Å². The smallest absolute Gasteiger partial charge is 0.379 e. The number of carbonyl (C=O) groups excluding carboxylic acids is 1. The number of aliphatic hydroxyl groups is 3. The Hall–Kier alpha value is -5.00. The van der Waals surface area contributed by atoms with Gasteiger partial charge < -0.3 is 34.7 Å². The van der Waals surface area contributed by atoms with Crippen LogP contribution in [0.4, 0.5) is 14.6 Å². The summed E-state index contributed by atoms with van der Waals surface area (Å²) in [4.78, 5) is 36.4. The van der Waals surface area contributed by atoms with E-state index in [1.54, 1.807) is 44.2 Å². The van der Waals surface area contributed by atoms with Gasteiger partial charge in [0.15, 0.2) is 29.5 Å². The van der Waals surface area contributed by atoms with Crippen LogP contribution in [-0.2, 0) is 13.9 Å². The number of nitrogen functional groups attached to an aromatic ring is 1. The number of carbonyl (C=O) groups is 1. The van der Waals surface area contributed by atoms with Crippen molar-refractivity contribution in [2.24, 2.45) is 17.8 Å². The van der Waals surface area contributed by atoms with Crippen LogP contribution in [0.15, 0.2) is 79.9 Å². The molecule has 5 N–H and O–H groups in total. The van der Waals surface area contributed by atoms with Gasteiger partial charge >= 0.3 is 7.60 Å². The Morgan fingerprint density at radius 2 is 1.45 bits per heavy atom. The number of rotatable bonds is 11. The lowest BCUT2D eigenvalue weighted by Crippen LogP contribution is -2.28. The maximum atomic E-state index is 15.4. The van der Waals surface area contributed by atoms with E-state index in [0.717, 1.165) is 0 Å². The number of Topliss-reactive ketones (excluding diaryl/α,β-unsaturated/α-hetero) is 1. The number of aromatic nitrogens is 8. The van der Waals surface area contributed by atoms with Crippen LogP contribution in [0.3, 0.4) is 0 Å². The second kappa shape index (κ2) is 16.0. The molecule has 2 saturated carbocycles. The highest BCUT2D eigenvalue weighted by Gasteiger charge is 2.49. The molecule has 2 fully saturated rings. The molecule has 9 unspecified atom stereocenters. The van der Waals surface area contributed by atoms with Crippen molar-refractivity contribution < 1.29 is 42.5 Å². The molecule has 0 aliphatic heterocycles. The number of hydrogen-bond donors (Lipinski definition) is 4. The van der Waals surface area contributed by atoms with E-state index in [9.17, 15) is 29.1 Å². The van der Waals surface area contributed by atoms with Gasteiger partial charge in [0.05, 0.1) is 62.0 Å². The Morgan fingerprint density at radius 3 is 2.04 bits per heavy atom. The van der Waals surface area contributed by atoms with Crippen molar-refractivity contribution in [1.82, 2.24) is 39.0 Å². The molecule has 0 saturated heterocycles. The monoisotopic (exact) mass is 781 g/mol. The van der Waals surface area contributed by atoms with E-state index in [1.165, 1.54) is 41.4 Å². The van der Waals surface area contributed by atoms with Crippen molar-refractivity contribution in [2.75, 3.05) is 25.1 Å². The minimum Gasteiger partial charge on any atom is -0.424 e. The summed E-state index contributed by atoms with van der Waals surface area (Å²) in [5.74, 6) is -1.79. The van der Waals surface area contributed by atoms with E-state index in [2.05, 4.69) is 43.1 Å². The maximum Gasteiger partial charge on any atom is 0.379 e. The zero-order valence-electron chi connectivity index (χ0n) is 30.3. The Kier molecular flexibility index (Phi) is 11.5. The molecule has 7 rings (SSSR count). The Labute approximate surface area is 314 Å². The van der Waals surface area contributed by atoms with Crippen molar-refractivity contribution in [2.45, 2.75) is 57.4 Å². The lowest BCUT2D eigenvalue weighted by atomic mass is 10.0. The zero-order valence-corrected chi connectivity index (χ0v) is 31.2. The average Bonchev–Trinajstić information content (AvgIpc) is 3.88. The van der Waals surface area contributed by atoms with E-state index in [4.69, 9.17) is 14.8 Å². The van der Waals surface area contributed by atoms with Crippen LogP contribution in [0, 0.1) is 24.7 Å². The van der Waals surface area contributed by atoms with Gasteiger partial charge in [0, 0.05) is 17.8 Å². The van der Waals surface area contributed by atoms with Gasteiger partial charge in [0.25, 0.3) is 0 Å². The number of benzene rings is 1. The molecule has 2 aliphatic carbocycles. The molecule has 0 bridgehead atoms. The summed E-state index contributed by atoms with van der Waals surface area (Å²) in [5.41, 5.74) is 8.79. The first-order valence-corrected chi connectivity index (χ1v) is 19.1. The summed E-state index contributed by atoms with van der Waals surface area (Å²) in [6.07, 6.45) is -0.739. The lowest BCUT2D eigenvalue weighted by Gasteiger charge is -2.24. The third-order valence-electron chi connectivity index (χ3n) is 10.1. The number of nitrogens with zero attached hydrogens (tertiary/aromatic N) is 8. The Balaban J connectivity index is 0.000000217. The highest BCUT2D eigenvalue weighted by molar-refractivity contribution is 7.54. The molecule has 10 atom stereocenters. The topological polar surface area (TPSA) is 227 Å². The fourth-order valence-electron chi connectivity index (χ4n) is 6.86. The fourth-order valence-corrected chi connectivity index (χ4v) is 8.85. The number of alkyl halides is 2. The number of fused-ring (bicyclic) bond motifs is 2. The number of nitrogens with two attached hydrogens (primary N) is 1. The van der Waals surface area contributed by atoms with Crippen molar-refractivity contribution >= 4 is 41.5 Å². The molecule has 16 nitrogen and oxygen atoms in total. The summed E-state index contributed by atoms with van der Waals surface area (Å²) < 4.78 is 57.7. The van der Waals surface area contributed by atoms with Crippen LogP contribution >= 0.6 is 7.60 Å². The van der Waals surface area contributed by atoms with Gasteiger partial charge in [0.1, 0.15) is 35.2 Å². The van der Waals surface area contributed by atoms with Crippen LogP contribution in [0.5, 0.6) is 5.75 Å². The van der Waals surface area contributed by atoms with Gasteiger partial charge in [-0.3, -0.25) is 9.32 Å². The number of aryl methyl sites for hydroxylation is 1. The molecule has 4 heterocycles. The van der Waals surface area contributed by atoms with Gasteiger partial charge in [-0.15, -0.1) is 0 Å². The number of halogens is 2. The molecule has 0 spiro atoms. The van der Waals surface area contributed by atoms with E-state index >= 15 is 4.39 Å². The van der Waals surface area contributed by atoms with Crippen molar-refractivity contribution in [3.8, 4) is 5.75 Å². The van der Waals surface area contributed by atoms with Gasteiger partial charge in [-0.05, 0) is 37.1 Å². The average molecular weight is 782 g/mol. The second-order valence-electron chi connectivity index (χ2n) is 13.7. The van der Waals surface area contributed by atoms with E-state index in [1.807, 2.05) is 0 Å². The molecular formula is C36H42F2N9O7P. The van der Waals surface area contributed by atoms with Gasteiger partial charge in [-0.1, -0.05) is 38.3 Å². The summed E-state index contributed by atoms with van der Waals surface area (Å²) in [6.45, 7) is 12.0. The predicted molar refractivity (Wildman–Crippen MR) is 197 cm³/mol. The Morgan fingerprint density at radius 1 is 0.909 bits per heavy atom. The lowest BCUT2D eigenvalue weighted by molar-refractivity contribution is -0.119. The molecule has 19 heteroatoms. The third-order valence-corrected chi connectivity index (χ3v) is 12.2. The van der Waals surface area contributed by atoms with Gasteiger partial charge in [-0.2, -0.15) is 0 Å². The molecule has 1 aromatic carbocycles. The van der Waals surface area contributed by atoms with E-state index in [0.29, 0.717) is 44.9 Å². The molecule has 292 valence electrons. The van der Waals surface area contributed by atoms with Crippen LogP contribution in [0.2, 0.25) is 0 Å². The van der Waals surface area contributed by atoms with Crippen LogP contribution in [-0.4, -0.2) is 104 Å². The molecular weight excluding hydrogens is 739 g/mol. The summed E-state index contributed by atoms with van der Waals surface area (Å²) in [7, 11) is -3.84. The van der Waals surface area contributed by atoms with E-state index < -0.39 is 62.0 Å². The summed E-state index contributed by atoms with van der Waals surface area (Å²) in [6, 6.07) is 6.69. The number of ketones is 1. The largest absolute Gasteiger partial charge is 0.424 e.